The van der Waals surface area contributed by atoms with Crippen LogP contribution in [-0.4, -0.2) is 9.97 Å². The fourth-order valence-corrected chi connectivity index (χ4v) is 2.70. The minimum Gasteiger partial charge on any atom is -0.383 e. The van der Waals surface area contributed by atoms with Crippen molar-refractivity contribution in [2.75, 3.05) is 10.6 Å². The van der Waals surface area contributed by atoms with E-state index in [4.69, 9.17) is 5.73 Å². The van der Waals surface area contributed by atoms with E-state index in [1.165, 1.54) is 11.1 Å². The van der Waals surface area contributed by atoms with Crippen molar-refractivity contribution < 1.29 is 0 Å². The van der Waals surface area contributed by atoms with E-state index in [2.05, 4.69) is 39.1 Å². The van der Waals surface area contributed by atoms with E-state index in [1.54, 1.807) is 0 Å². The largest absolute Gasteiger partial charge is 0.383 e. The summed E-state index contributed by atoms with van der Waals surface area (Å²) >= 11 is 0. The Morgan fingerprint density at radius 2 is 1.50 bits per heavy atom. The van der Waals surface area contributed by atoms with E-state index in [-0.39, 0.29) is 0 Å². The first-order chi connectivity index (χ1) is 9.81. The minimum absolute atomic E-state index is 0.543. The van der Waals surface area contributed by atoms with Crippen molar-refractivity contribution in [1.82, 2.24) is 9.97 Å². The van der Waals surface area contributed by atoms with Crippen molar-refractivity contribution in [3.8, 4) is 0 Å². The summed E-state index contributed by atoms with van der Waals surface area (Å²) in [6, 6.07) is 16.3. The lowest BCUT2D eigenvalue weighted by atomic mass is 10.1. The van der Waals surface area contributed by atoms with Crippen LogP contribution < -0.4 is 10.6 Å². The number of nitrogens with zero attached hydrogens (tertiary/aromatic N) is 3. The highest BCUT2D eigenvalue weighted by Crippen LogP contribution is 2.28. The average Bonchev–Trinajstić information content (AvgIpc) is 2.91. The maximum atomic E-state index is 6.05. The highest BCUT2D eigenvalue weighted by molar-refractivity contribution is 5.88. The highest BCUT2D eigenvalue weighted by Gasteiger charge is 2.21. The Morgan fingerprint density at radius 3 is 2.25 bits per heavy atom. The van der Waals surface area contributed by atoms with Gasteiger partial charge in [-0.3, -0.25) is 0 Å². The lowest BCUT2D eigenvalue weighted by Crippen LogP contribution is -2.18. The topological polar surface area (TPSA) is 55.0 Å². The summed E-state index contributed by atoms with van der Waals surface area (Å²) in [4.78, 5) is 11.3. The lowest BCUT2D eigenvalue weighted by Gasteiger charge is -2.16. The molecular formula is C16H14N4. The fourth-order valence-electron chi connectivity index (χ4n) is 2.70. The molecule has 1 aromatic heterocycles. The molecule has 1 aliphatic heterocycles. The zero-order valence-corrected chi connectivity index (χ0v) is 11.0. The van der Waals surface area contributed by atoms with E-state index in [1.807, 2.05) is 24.3 Å². The molecule has 0 saturated carbocycles. The van der Waals surface area contributed by atoms with Gasteiger partial charge in [0.1, 0.15) is 5.82 Å². The van der Waals surface area contributed by atoms with Crippen LogP contribution >= 0.6 is 0 Å². The molecule has 0 unspecified atom stereocenters. The number of nitrogens with two attached hydrogens (primary N) is 1. The molecule has 2 aromatic carbocycles. The fraction of sp³-hybridized carbons (Fsp3) is 0.125. The van der Waals surface area contributed by atoms with Gasteiger partial charge in [0.15, 0.2) is 0 Å². The Bertz CT molecular complexity index is 772. The first-order valence-electron chi connectivity index (χ1n) is 6.65. The standard InChI is InChI=1S/C16H14N4/c17-15-13-7-3-4-8-14(13)18-16(19-15)20-9-11-5-1-2-6-12(11)10-20/h1-8H,9-10H2,(H2,17,18,19). The van der Waals surface area contributed by atoms with Gasteiger partial charge in [-0.05, 0) is 23.3 Å². The molecule has 0 saturated heterocycles. The SMILES string of the molecule is Nc1nc(N2Cc3ccccc3C2)nc2ccccc12. The number of hydrogen-bond acceptors (Lipinski definition) is 4. The molecule has 3 aromatic rings. The molecule has 0 amide bonds. The number of rotatable bonds is 1. The van der Waals surface area contributed by atoms with Crippen LogP contribution in [0.3, 0.4) is 0 Å². The van der Waals surface area contributed by atoms with Crippen molar-refractivity contribution >= 4 is 22.7 Å². The number of hydrogen-bond donors (Lipinski definition) is 1. The van der Waals surface area contributed by atoms with E-state index in [0.717, 1.165) is 24.0 Å². The molecule has 2 N–H and O–H groups in total. The minimum atomic E-state index is 0.543. The third-order valence-electron chi connectivity index (χ3n) is 3.74. The van der Waals surface area contributed by atoms with Gasteiger partial charge in [-0.2, -0.15) is 4.98 Å². The van der Waals surface area contributed by atoms with Crippen LogP contribution in [0.5, 0.6) is 0 Å². The Hall–Kier alpha value is -2.62. The number of anilines is 2. The van der Waals surface area contributed by atoms with E-state index in [9.17, 15) is 0 Å². The molecule has 0 radical (unpaired) electrons. The third kappa shape index (κ3) is 1.69. The van der Waals surface area contributed by atoms with Crippen LogP contribution in [0.4, 0.5) is 11.8 Å². The van der Waals surface area contributed by atoms with Gasteiger partial charge >= 0.3 is 0 Å². The Balaban J connectivity index is 1.77. The first kappa shape index (κ1) is 11.2. The van der Waals surface area contributed by atoms with Gasteiger partial charge in [0.25, 0.3) is 0 Å². The summed E-state index contributed by atoms with van der Waals surface area (Å²) in [6.07, 6.45) is 0. The lowest BCUT2D eigenvalue weighted by molar-refractivity contribution is 0.835. The second kappa shape index (κ2) is 4.20. The van der Waals surface area contributed by atoms with Gasteiger partial charge in [0.05, 0.1) is 5.52 Å². The van der Waals surface area contributed by atoms with Crippen molar-refractivity contribution in [2.45, 2.75) is 13.1 Å². The van der Waals surface area contributed by atoms with E-state index >= 15 is 0 Å². The molecule has 0 spiro atoms. The van der Waals surface area contributed by atoms with Crippen LogP contribution in [0.2, 0.25) is 0 Å². The molecule has 4 nitrogen and oxygen atoms in total. The van der Waals surface area contributed by atoms with Crippen LogP contribution in [-0.2, 0) is 13.1 Å². The highest BCUT2D eigenvalue weighted by atomic mass is 15.3. The molecule has 2 heterocycles. The smallest absolute Gasteiger partial charge is 0.228 e. The number of benzene rings is 2. The van der Waals surface area contributed by atoms with E-state index < -0.39 is 0 Å². The predicted molar refractivity (Wildman–Crippen MR) is 80.3 cm³/mol. The zero-order valence-electron chi connectivity index (χ0n) is 11.0. The molecule has 98 valence electrons. The summed E-state index contributed by atoms with van der Waals surface area (Å²) in [7, 11) is 0. The van der Waals surface area contributed by atoms with Crippen molar-refractivity contribution in [3.05, 3.63) is 59.7 Å². The average molecular weight is 262 g/mol. The van der Waals surface area contributed by atoms with Gasteiger partial charge in [-0.25, -0.2) is 4.98 Å². The van der Waals surface area contributed by atoms with Crippen molar-refractivity contribution in [1.29, 1.82) is 0 Å². The quantitative estimate of drug-likeness (QED) is 0.732. The predicted octanol–water partition coefficient (Wildman–Crippen LogP) is 2.73. The Kier molecular flexibility index (Phi) is 2.36. The summed E-state index contributed by atoms with van der Waals surface area (Å²) in [5, 5.41) is 0.910. The number of para-hydroxylation sites is 1. The molecule has 0 bridgehead atoms. The molecule has 0 fully saturated rings. The van der Waals surface area contributed by atoms with Gasteiger partial charge < -0.3 is 10.6 Å². The second-order valence-electron chi connectivity index (χ2n) is 5.05. The summed E-state index contributed by atoms with van der Waals surface area (Å²) < 4.78 is 0. The van der Waals surface area contributed by atoms with Gasteiger partial charge in [0.2, 0.25) is 5.95 Å². The van der Waals surface area contributed by atoms with Crippen LogP contribution in [0, 0.1) is 0 Å². The Morgan fingerprint density at radius 1 is 0.850 bits per heavy atom. The summed E-state index contributed by atoms with van der Waals surface area (Å²) in [5.74, 6) is 1.25. The van der Waals surface area contributed by atoms with Crippen molar-refractivity contribution in [2.24, 2.45) is 0 Å². The molecule has 1 aliphatic rings. The first-order valence-corrected chi connectivity index (χ1v) is 6.65. The van der Waals surface area contributed by atoms with E-state index in [0.29, 0.717) is 11.8 Å². The maximum Gasteiger partial charge on any atom is 0.228 e. The number of fused-ring (bicyclic) bond motifs is 2. The normalized spacial score (nSPS) is 13.7. The van der Waals surface area contributed by atoms with Gasteiger partial charge in [-0.15, -0.1) is 0 Å². The maximum absolute atomic E-state index is 6.05. The summed E-state index contributed by atoms with van der Waals surface area (Å²) in [6.45, 7) is 1.68. The molecule has 0 atom stereocenters. The molecule has 20 heavy (non-hydrogen) atoms. The van der Waals surface area contributed by atoms with Gasteiger partial charge in [0, 0.05) is 18.5 Å². The third-order valence-corrected chi connectivity index (χ3v) is 3.74. The van der Waals surface area contributed by atoms with Crippen LogP contribution in [0.25, 0.3) is 10.9 Å². The molecule has 4 heteroatoms. The number of nitrogen functional groups attached to an aromatic ring is 1. The van der Waals surface area contributed by atoms with Crippen molar-refractivity contribution in [3.63, 3.8) is 0 Å². The molecule has 4 rings (SSSR count). The number of aromatic nitrogens is 2. The van der Waals surface area contributed by atoms with Crippen LogP contribution in [0.1, 0.15) is 11.1 Å². The molecular weight excluding hydrogens is 248 g/mol. The zero-order chi connectivity index (χ0) is 13.5. The summed E-state index contributed by atoms with van der Waals surface area (Å²) in [5.41, 5.74) is 9.62. The van der Waals surface area contributed by atoms with Crippen LogP contribution in [0.15, 0.2) is 48.5 Å². The monoisotopic (exact) mass is 262 g/mol. The Labute approximate surface area is 116 Å². The molecule has 0 aliphatic carbocycles. The second-order valence-corrected chi connectivity index (χ2v) is 5.05. The van der Waals surface area contributed by atoms with Gasteiger partial charge in [-0.1, -0.05) is 36.4 Å².